The molecule has 0 radical (unpaired) electrons. The van der Waals surface area contributed by atoms with E-state index in [0.717, 1.165) is 40.8 Å². The van der Waals surface area contributed by atoms with E-state index < -0.39 is 23.9 Å². The van der Waals surface area contributed by atoms with Crippen molar-refractivity contribution in [2.45, 2.75) is 40.7 Å². The Bertz CT molecular complexity index is 272. The average Bonchev–Trinajstić information content (AvgIpc) is 2.36. The van der Waals surface area contributed by atoms with Crippen molar-refractivity contribution in [1.82, 2.24) is 5.32 Å². The van der Waals surface area contributed by atoms with Crippen LogP contribution in [-0.2, 0) is 23.9 Å². The number of aliphatic carboxylic acids is 4. The van der Waals surface area contributed by atoms with E-state index in [1.807, 2.05) is 6.92 Å². The maximum atomic E-state index is 9.00. The number of nitrogens with one attached hydrogen (secondary N) is 1. The highest BCUT2D eigenvalue weighted by Gasteiger charge is 1.94. The van der Waals surface area contributed by atoms with Crippen molar-refractivity contribution >= 4 is 23.9 Å². The summed E-state index contributed by atoms with van der Waals surface area (Å²) in [6.07, 6.45) is 0.288. The molecule has 0 aromatic carbocycles. The molecule has 0 saturated carbocycles. The van der Waals surface area contributed by atoms with Crippen molar-refractivity contribution in [2.24, 2.45) is 5.73 Å². The van der Waals surface area contributed by atoms with Crippen LogP contribution in [0.1, 0.15) is 34.6 Å². The summed E-state index contributed by atoms with van der Waals surface area (Å²) in [7, 11) is 1.70. The maximum absolute atomic E-state index is 9.00. The number of hydrogen-bond donors (Lipinski definition) is 6. The lowest BCUT2D eigenvalue weighted by Crippen LogP contribution is -2.30. The zero-order chi connectivity index (χ0) is 21.4. The molecule has 11 nitrogen and oxygen atoms in total. The van der Waals surface area contributed by atoms with E-state index in [9.17, 15) is 0 Å². The Balaban J connectivity index is -0.0000000714. The predicted octanol–water partition coefficient (Wildman–Crippen LogP) is -0.0668. The summed E-state index contributed by atoms with van der Waals surface area (Å²) in [5.74, 6) is -3.33. The Morgan fingerprint density at radius 2 is 1.12 bits per heavy atom. The third kappa shape index (κ3) is 375. The van der Waals surface area contributed by atoms with Gasteiger partial charge < -0.3 is 36.2 Å². The topological polar surface area (TPSA) is 196 Å². The molecular weight excluding hydrogens is 340 g/mol. The van der Waals surface area contributed by atoms with Gasteiger partial charge in [0.05, 0.1) is 6.10 Å². The second kappa shape index (κ2) is 29.7. The Morgan fingerprint density at radius 1 is 0.880 bits per heavy atom. The molecule has 0 amide bonds. The molecule has 0 aliphatic heterocycles. The maximum Gasteiger partial charge on any atom is 0.300 e. The molecule has 0 spiro atoms. The van der Waals surface area contributed by atoms with Crippen molar-refractivity contribution in [3.63, 3.8) is 0 Å². The number of methoxy groups -OCH3 is 1. The molecule has 0 heterocycles. The summed E-state index contributed by atoms with van der Waals surface area (Å²) < 4.78 is 4.99. The highest BCUT2D eigenvalue weighted by molar-refractivity contribution is 5.63. The first-order valence-corrected chi connectivity index (χ1v) is 6.96. The van der Waals surface area contributed by atoms with Gasteiger partial charge >= 0.3 is 0 Å². The third-order valence-electron chi connectivity index (χ3n) is 1.16. The minimum atomic E-state index is -0.833. The van der Waals surface area contributed by atoms with Gasteiger partial charge in [-0.05, 0) is 6.92 Å². The number of rotatable bonds is 5. The molecule has 0 aromatic rings. The zero-order valence-corrected chi connectivity index (χ0v) is 15.6. The normalized spacial score (nSPS) is 8.92. The van der Waals surface area contributed by atoms with E-state index in [4.69, 9.17) is 50.1 Å². The van der Waals surface area contributed by atoms with Gasteiger partial charge in [-0.15, -0.1) is 0 Å². The molecule has 0 aliphatic rings. The lowest BCUT2D eigenvalue weighted by molar-refractivity contribution is -0.135. The summed E-state index contributed by atoms with van der Waals surface area (Å²) >= 11 is 0. The fraction of sp³-hybridized carbons (Fsp3) is 0.714. The van der Waals surface area contributed by atoms with Crippen LogP contribution in [0.2, 0.25) is 0 Å². The van der Waals surface area contributed by atoms with Gasteiger partial charge in [0.2, 0.25) is 0 Å². The number of nitrogens with two attached hydrogens (primary N) is 1. The first-order chi connectivity index (χ1) is 11.2. The molecule has 11 heteroatoms. The van der Waals surface area contributed by atoms with Crippen LogP contribution in [0.15, 0.2) is 0 Å². The largest absolute Gasteiger partial charge is 0.481 e. The van der Waals surface area contributed by atoms with Gasteiger partial charge in [-0.2, -0.15) is 0 Å². The molecule has 7 N–H and O–H groups in total. The van der Waals surface area contributed by atoms with E-state index in [2.05, 4.69) is 5.32 Å². The molecule has 152 valence electrons. The summed E-state index contributed by atoms with van der Waals surface area (Å²) in [5.41, 5.74) is 5.25. The fourth-order valence-electron chi connectivity index (χ4n) is 0.491. The van der Waals surface area contributed by atoms with Crippen LogP contribution in [0.25, 0.3) is 0 Å². The monoisotopic (exact) mass is 372 g/mol. The smallest absolute Gasteiger partial charge is 0.300 e. The lowest BCUT2D eigenvalue weighted by Gasteiger charge is -2.08. The molecule has 0 rings (SSSR count). The molecule has 1 unspecified atom stereocenters. The van der Waals surface area contributed by atoms with Crippen LogP contribution in [0.4, 0.5) is 0 Å². The van der Waals surface area contributed by atoms with Crippen LogP contribution in [0.3, 0.4) is 0 Å². The zero-order valence-electron chi connectivity index (χ0n) is 15.6. The molecular formula is C14H32N2O9. The van der Waals surface area contributed by atoms with Crippen molar-refractivity contribution in [3.8, 4) is 0 Å². The standard InChI is InChI=1S/C6H16N2O.4C2H4O2/c1-6(9-2)5-8-4-3-7;4*1-2(3)4/h6,8H,3-5,7H2,1-2H3;4*1H3,(H,3,4). The molecule has 0 aliphatic carbocycles. The van der Waals surface area contributed by atoms with Gasteiger partial charge in [0.15, 0.2) is 0 Å². The number of carboxylic acid groups (broad SMARTS) is 4. The van der Waals surface area contributed by atoms with Crippen molar-refractivity contribution in [1.29, 1.82) is 0 Å². The molecule has 25 heavy (non-hydrogen) atoms. The van der Waals surface area contributed by atoms with Gasteiger partial charge in [0, 0.05) is 54.4 Å². The van der Waals surface area contributed by atoms with Gasteiger partial charge in [-0.1, -0.05) is 0 Å². The first-order valence-electron chi connectivity index (χ1n) is 6.96. The molecule has 0 bridgehead atoms. The van der Waals surface area contributed by atoms with Gasteiger partial charge in [0.25, 0.3) is 23.9 Å². The second-order valence-electron chi connectivity index (χ2n) is 4.12. The molecule has 1 atom stereocenters. The number of carbonyl (C=O) groups is 4. The highest BCUT2D eigenvalue weighted by atomic mass is 16.5. The van der Waals surface area contributed by atoms with Crippen LogP contribution in [0, 0.1) is 0 Å². The number of carboxylic acids is 4. The van der Waals surface area contributed by atoms with Gasteiger partial charge in [0.1, 0.15) is 0 Å². The second-order valence-corrected chi connectivity index (χ2v) is 4.12. The van der Waals surface area contributed by atoms with Crippen molar-refractivity contribution < 1.29 is 44.3 Å². The Hall–Kier alpha value is -2.24. The SMILES string of the molecule is CC(=O)O.CC(=O)O.CC(=O)O.CC(=O)O.COC(C)CNCCN. The third-order valence-corrected chi connectivity index (χ3v) is 1.16. The van der Waals surface area contributed by atoms with Crippen molar-refractivity contribution in [2.75, 3.05) is 26.7 Å². The lowest BCUT2D eigenvalue weighted by atomic mass is 10.4. The summed E-state index contributed by atoms with van der Waals surface area (Å²) in [6.45, 7) is 8.79. The van der Waals surface area contributed by atoms with Gasteiger partial charge in [-0.25, -0.2) is 0 Å². The van der Waals surface area contributed by atoms with Gasteiger partial charge in [-0.3, -0.25) is 19.2 Å². The van der Waals surface area contributed by atoms with E-state index in [-0.39, 0.29) is 6.10 Å². The van der Waals surface area contributed by atoms with Crippen molar-refractivity contribution in [3.05, 3.63) is 0 Å². The van der Waals surface area contributed by atoms with E-state index in [0.29, 0.717) is 6.54 Å². The molecule has 0 saturated heterocycles. The van der Waals surface area contributed by atoms with Crippen LogP contribution in [-0.4, -0.2) is 77.2 Å². The van der Waals surface area contributed by atoms with Crippen LogP contribution < -0.4 is 11.1 Å². The minimum Gasteiger partial charge on any atom is -0.481 e. The van der Waals surface area contributed by atoms with Crippen LogP contribution >= 0.6 is 0 Å². The number of ether oxygens (including phenoxy) is 1. The summed E-state index contributed by atoms with van der Waals surface area (Å²) in [4.78, 5) is 36.0. The molecule has 0 fully saturated rings. The van der Waals surface area contributed by atoms with E-state index in [1.165, 1.54) is 0 Å². The predicted molar refractivity (Wildman–Crippen MR) is 91.6 cm³/mol. The Labute approximate surface area is 147 Å². The fourth-order valence-corrected chi connectivity index (χ4v) is 0.491. The Morgan fingerprint density at radius 3 is 1.28 bits per heavy atom. The number of hydrogen-bond acceptors (Lipinski definition) is 7. The van der Waals surface area contributed by atoms with E-state index in [1.54, 1.807) is 7.11 Å². The summed E-state index contributed by atoms with van der Waals surface area (Å²) in [6, 6.07) is 0. The quantitative estimate of drug-likeness (QED) is 0.353. The first kappa shape index (κ1) is 34.2. The highest BCUT2D eigenvalue weighted by Crippen LogP contribution is 1.81. The Kier molecular flexibility index (Phi) is 40.6. The van der Waals surface area contributed by atoms with Crippen LogP contribution in [0.5, 0.6) is 0 Å². The average molecular weight is 372 g/mol. The van der Waals surface area contributed by atoms with E-state index >= 15 is 0 Å². The minimum absolute atomic E-state index is 0.288. The molecule has 0 aromatic heterocycles. The summed E-state index contributed by atoms with van der Waals surface area (Å²) in [5, 5.41) is 32.8.